The van der Waals surface area contributed by atoms with Crippen molar-refractivity contribution in [1.82, 2.24) is 14.9 Å². The van der Waals surface area contributed by atoms with Crippen molar-refractivity contribution in [3.63, 3.8) is 0 Å². The Bertz CT molecular complexity index is 873. The van der Waals surface area contributed by atoms with Gasteiger partial charge in [0.25, 0.3) is 0 Å². The van der Waals surface area contributed by atoms with Gasteiger partial charge in [-0.1, -0.05) is 0 Å². The van der Waals surface area contributed by atoms with E-state index in [0.29, 0.717) is 16.8 Å². The number of fused-ring (bicyclic) bond motifs is 1. The predicted octanol–water partition coefficient (Wildman–Crippen LogP) is 4.18. The number of pyridine rings is 1. The van der Waals surface area contributed by atoms with Crippen LogP contribution in [0.1, 0.15) is 52.0 Å². The number of rotatable bonds is 3. The lowest BCUT2D eigenvalue weighted by molar-refractivity contribution is 0.0471. The Hall–Kier alpha value is -2.27. The standard InChI is InChI=1S/C19H23BrN4O3/c1-19(2,3)27-18(25)23-14-4-6-15(7-5-14)26-16-8-13(20)11-24-17(16)12(9-21)10-22-24/h8,10-11,14-15H,4-7H2,1-3H3,(H,23,25). The normalized spacial score (nSPS) is 20.1. The van der Waals surface area contributed by atoms with Crippen molar-refractivity contribution in [1.29, 1.82) is 5.26 Å². The summed E-state index contributed by atoms with van der Waals surface area (Å²) >= 11 is 3.45. The average Bonchev–Trinajstić information content (AvgIpc) is 2.98. The first-order valence-electron chi connectivity index (χ1n) is 8.98. The molecular weight excluding hydrogens is 412 g/mol. The third-order valence-corrected chi connectivity index (χ3v) is 4.79. The summed E-state index contributed by atoms with van der Waals surface area (Å²) in [6.07, 6.45) is 6.25. The number of nitrogens with zero attached hydrogens (tertiary/aromatic N) is 3. The summed E-state index contributed by atoms with van der Waals surface area (Å²) in [4.78, 5) is 11.9. The molecule has 27 heavy (non-hydrogen) atoms. The minimum Gasteiger partial charge on any atom is -0.488 e. The predicted molar refractivity (Wildman–Crippen MR) is 104 cm³/mol. The van der Waals surface area contributed by atoms with Crippen LogP contribution in [0.3, 0.4) is 0 Å². The van der Waals surface area contributed by atoms with Gasteiger partial charge in [0.1, 0.15) is 28.5 Å². The quantitative estimate of drug-likeness (QED) is 0.782. The Balaban J connectivity index is 1.62. The fourth-order valence-electron chi connectivity index (χ4n) is 3.20. The number of nitriles is 1. The van der Waals surface area contributed by atoms with E-state index in [0.717, 1.165) is 30.2 Å². The van der Waals surface area contributed by atoms with Crippen LogP contribution in [0.4, 0.5) is 4.79 Å². The van der Waals surface area contributed by atoms with Crippen LogP contribution in [0.2, 0.25) is 0 Å². The molecule has 0 atom stereocenters. The molecule has 7 nitrogen and oxygen atoms in total. The molecule has 0 spiro atoms. The number of halogens is 1. The highest BCUT2D eigenvalue weighted by molar-refractivity contribution is 9.10. The van der Waals surface area contributed by atoms with Gasteiger partial charge in [0.05, 0.1) is 12.3 Å². The van der Waals surface area contributed by atoms with Gasteiger partial charge in [-0.05, 0) is 68.5 Å². The molecule has 1 aliphatic rings. The van der Waals surface area contributed by atoms with Gasteiger partial charge in [0.15, 0.2) is 0 Å². The maximum Gasteiger partial charge on any atom is 0.407 e. The summed E-state index contributed by atoms with van der Waals surface area (Å²) in [7, 11) is 0. The number of amides is 1. The van der Waals surface area contributed by atoms with Gasteiger partial charge < -0.3 is 14.8 Å². The molecule has 1 aliphatic carbocycles. The second-order valence-electron chi connectivity index (χ2n) is 7.72. The molecule has 0 unspecified atom stereocenters. The first-order valence-corrected chi connectivity index (χ1v) is 9.77. The Morgan fingerprint density at radius 3 is 2.70 bits per heavy atom. The molecule has 2 aromatic heterocycles. The van der Waals surface area contributed by atoms with Crippen LogP contribution in [-0.2, 0) is 4.74 Å². The fraction of sp³-hybridized carbons (Fsp3) is 0.526. The molecule has 2 aromatic rings. The number of hydrogen-bond donors (Lipinski definition) is 1. The van der Waals surface area contributed by atoms with E-state index >= 15 is 0 Å². The lowest BCUT2D eigenvalue weighted by atomic mass is 9.93. The van der Waals surface area contributed by atoms with E-state index in [1.807, 2.05) is 26.8 Å². The maximum absolute atomic E-state index is 11.9. The minimum atomic E-state index is -0.500. The van der Waals surface area contributed by atoms with Crippen molar-refractivity contribution in [2.75, 3.05) is 0 Å². The number of ether oxygens (including phenoxy) is 2. The van der Waals surface area contributed by atoms with Gasteiger partial charge in [-0.25, -0.2) is 9.31 Å². The summed E-state index contributed by atoms with van der Waals surface area (Å²) < 4.78 is 14.0. The zero-order valence-electron chi connectivity index (χ0n) is 15.7. The smallest absolute Gasteiger partial charge is 0.407 e. The molecular formula is C19H23BrN4O3. The topological polar surface area (TPSA) is 88.7 Å². The lowest BCUT2D eigenvalue weighted by Gasteiger charge is -2.30. The molecule has 0 bridgehead atoms. The maximum atomic E-state index is 11.9. The number of alkyl carbamates (subject to hydrolysis) is 1. The van der Waals surface area contributed by atoms with E-state index in [2.05, 4.69) is 32.4 Å². The third kappa shape index (κ3) is 4.92. The minimum absolute atomic E-state index is 0.0289. The summed E-state index contributed by atoms with van der Waals surface area (Å²) in [6.45, 7) is 5.55. The number of aromatic nitrogens is 2. The molecule has 0 radical (unpaired) electrons. The second-order valence-corrected chi connectivity index (χ2v) is 8.64. The van der Waals surface area contributed by atoms with Gasteiger partial charge in [-0.3, -0.25) is 0 Å². The molecule has 8 heteroatoms. The highest BCUT2D eigenvalue weighted by Crippen LogP contribution is 2.31. The molecule has 1 amide bonds. The SMILES string of the molecule is CC(C)(C)OC(=O)NC1CCC(Oc2cc(Br)cn3ncc(C#N)c23)CC1. The van der Waals surface area contributed by atoms with Gasteiger partial charge >= 0.3 is 6.09 Å². The number of nitrogens with one attached hydrogen (secondary N) is 1. The Labute approximate surface area is 166 Å². The van der Waals surface area contributed by atoms with Gasteiger partial charge in [-0.2, -0.15) is 10.4 Å². The van der Waals surface area contributed by atoms with Crippen LogP contribution in [0, 0.1) is 11.3 Å². The number of carbonyl (C=O) groups excluding carboxylic acids is 1. The molecule has 1 N–H and O–H groups in total. The molecule has 0 saturated heterocycles. The average molecular weight is 435 g/mol. The van der Waals surface area contributed by atoms with Crippen molar-refractivity contribution in [3.8, 4) is 11.8 Å². The third-order valence-electron chi connectivity index (χ3n) is 4.35. The largest absolute Gasteiger partial charge is 0.488 e. The van der Waals surface area contributed by atoms with Crippen molar-refractivity contribution in [2.24, 2.45) is 0 Å². The van der Waals surface area contributed by atoms with Crippen LogP contribution in [0.5, 0.6) is 5.75 Å². The van der Waals surface area contributed by atoms with Crippen molar-refractivity contribution in [2.45, 2.75) is 64.2 Å². The number of hydrogen-bond acceptors (Lipinski definition) is 5. The van der Waals surface area contributed by atoms with Crippen LogP contribution in [0.25, 0.3) is 5.52 Å². The molecule has 1 saturated carbocycles. The van der Waals surface area contributed by atoms with Crippen LogP contribution < -0.4 is 10.1 Å². The molecule has 2 heterocycles. The monoisotopic (exact) mass is 434 g/mol. The summed E-state index contributed by atoms with van der Waals surface area (Å²) in [5, 5.41) is 16.4. The molecule has 0 aliphatic heterocycles. The lowest BCUT2D eigenvalue weighted by Crippen LogP contribution is -2.42. The Kier molecular flexibility index (Phi) is 5.61. The Morgan fingerprint density at radius 1 is 1.37 bits per heavy atom. The van der Waals surface area contributed by atoms with Crippen LogP contribution >= 0.6 is 15.9 Å². The molecule has 0 aromatic carbocycles. The second kappa shape index (κ2) is 7.77. The van der Waals surface area contributed by atoms with Gasteiger partial charge in [0, 0.05) is 16.7 Å². The van der Waals surface area contributed by atoms with E-state index < -0.39 is 5.60 Å². The first-order chi connectivity index (χ1) is 12.7. The van der Waals surface area contributed by atoms with Crippen LogP contribution in [-0.4, -0.2) is 33.5 Å². The zero-order valence-corrected chi connectivity index (χ0v) is 17.2. The van der Waals surface area contributed by atoms with E-state index in [1.165, 1.54) is 6.20 Å². The van der Waals surface area contributed by atoms with E-state index in [4.69, 9.17) is 9.47 Å². The first kappa shape index (κ1) is 19.5. The van der Waals surface area contributed by atoms with E-state index in [9.17, 15) is 10.1 Å². The van der Waals surface area contributed by atoms with E-state index in [-0.39, 0.29) is 18.2 Å². The van der Waals surface area contributed by atoms with Crippen LogP contribution in [0.15, 0.2) is 22.9 Å². The summed E-state index contributed by atoms with van der Waals surface area (Å²) in [5.74, 6) is 0.641. The van der Waals surface area contributed by atoms with Crippen molar-refractivity contribution in [3.05, 3.63) is 28.5 Å². The Morgan fingerprint density at radius 2 is 2.07 bits per heavy atom. The van der Waals surface area contributed by atoms with Crippen molar-refractivity contribution < 1.29 is 14.3 Å². The van der Waals surface area contributed by atoms with Gasteiger partial charge in [-0.15, -0.1) is 0 Å². The molecule has 144 valence electrons. The molecule has 1 fully saturated rings. The summed E-state index contributed by atoms with van der Waals surface area (Å²) in [6, 6.07) is 4.11. The molecule has 3 rings (SSSR count). The number of carbonyl (C=O) groups is 1. The van der Waals surface area contributed by atoms with Crippen molar-refractivity contribution >= 4 is 27.5 Å². The zero-order chi connectivity index (χ0) is 19.6. The van der Waals surface area contributed by atoms with Gasteiger partial charge in [0.2, 0.25) is 0 Å². The fourth-order valence-corrected chi connectivity index (χ4v) is 3.61. The highest BCUT2D eigenvalue weighted by Gasteiger charge is 2.26. The summed E-state index contributed by atoms with van der Waals surface area (Å²) in [5.41, 5.74) is 0.660. The highest BCUT2D eigenvalue weighted by atomic mass is 79.9. The van der Waals surface area contributed by atoms with E-state index in [1.54, 1.807) is 10.7 Å².